The van der Waals surface area contributed by atoms with Gasteiger partial charge in [0.25, 0.3) is 10.0 Å². The molecule has 142 valence electrons. The van der Waals surface area contributed by atoms with E-state index in [-0.39, 0.29) is 4.90 Å². The van der Waals surface area contributed by atoms with Gasteiger partial charge in [-0.2, -0.15) is 0 Å². The van der Waals surface area contributed by atoms with Crippen LogP contribution in [-0.4, -0.2) is 13.4 Å². The minimum atomic E-state index is -3.75. The second-order valence-electron chi connectivity index (χ2n) is 6.66. The van der Waals surface area contributed by atoms with Crippen LogP contribution in [0.3, 0.4) is 0 Å². The molecule has 0 aliphatic heterocycles. The van der Waals surface area contributed by atoms with Crippen LogP contribution in [0.4, 0.5) is 5.69 Å². The molecule has 3 aromatic carbocycles. The van der Waals surface area contributed by atoms with E-state index < -0.39 is 10.0 Å². The average molecular weight is 398 g/mol. The Labute approximate surface area is 170 Å². The Bertz CT molecular complexity index is 1370. The molecule has 0 radical (unpaired) electrons. The lowest BCUT2D eigenvalue weighted by atomic mass is 10.1. The fourth-order valence-electron chi connectivity index (χ4n) is 2.98. The van der Waals surface area contributed by atoms with Crippen LogP contribution in [0.2, 0.25) is 0 Å². The number of aryl methyl sites for hydroxylation is 1. The molecule has 5 heteroatoms. The minimum absolute atomic E-state index is 0.210. The molecule has 4 nitrogen and oxygen atoms in total. The first-order chi connectivity index (χ1) is 14.0. The maximum atomic E-state index is 12.9. The predicted octanol–water partition coefficient (Wildman–Crippen LogP) is 4.74. The molecule has 1 heterocycles. The van der Waals surface area contributed by atoms with E-state index >= 15 is 0 Å². The molecule has 1 aromatic heterocycles. The second kappa shape index (κ2) is 7.78. The average Bonchev–Trinajstić information content (AvgIpc) is 2.72. The number of anilines is 1. The summed E-state index contributed by atoms with van der Waals surface area (Å²) in [5, 5.41) is 1.86. The maximum absolute atomic E-state index is 12.9. The van der Waals surface area contributed by atoms with E-state index in [1.165, 1.54) is 0 Å². The topological polar surface area (TPSA) is 59.1 Å². The third-order valence-electron chi connectivity index (χ3n) is 4.42. The van der Waals surface area contributed by atoms with Gasteiger partial charge < -0.3 is 0 Å². The number of hydrogen-bond donors (Lipinski definition) is 1. The highest BCUT2D eigenvalue weighted by molar-refractivity contribution is 7.92. The number of fused-ring (bicyclic) bond motifs is 1. The molecule has 29 heavy (non-hydrogen) atoms. The zero-order valence-corrected chi connectivity index (χ0v) is 16.6. The van der Waals surface area contributed by atoms with Gasteiger partial charge in [0.15, 0.2) is 0 Å². The van der Waals surface area contributed by atoms with Crippen LogP contribution in [0.25, 0.3) is 10.8 Å². The number of hydrogen-bond acceptors (Lipinski definition) is 3. The summed E-state index contributed by atoms with van der Waals surface area (Å²) in [5.41, 5.74) is 2.83. The van der Waals surface area contributed by atoms with Crippen molar-refractivity contribution in [2.75, 3.05) is 4.72 Å². The highest BCUT2D eigenvalue weighted by Crippen LogP contribution is 2.23. The molecule has 0 spiro atoms. The van der Waals surface area contributed by atoms with Gasteiger partial charge in [0.1, 0.15) is 0 Å². The van der Waals surface area contributed by atoms with Crippen LogP contribution in [-0.2, 0) is 10.0 Å². The Hall–Kier alpha value is -3.62. The smallest absolute Gasteiger partial charge is 0.261 e. The summed E-state index contributed by atoms with van der Waals surface area (Å²) in [4.78, 5) is 4.34. The van der Waals surface area contributed by atoms with Gasteiger partial charge in [0.05, 0.1) is 10.6 Å². The lowest BCUT2D eigenvalue weighted by molar-refractivity contribution is 0.601. The summed E-state index contributed by atoms with van der Waals surface area (Å²) in [6.45, 7) is 1.95. The first-order valence-corrected chi connectivity index (χ1v) is 10.5. The highest BCUT2D eigenvalue weighted by atomic mass is 32.2. The van der Waals surface area contributed by atoms with E-state index in [1.807, 2.05) is 43.3 Å². The largest absolute Gasteiger partial charge is 0.278 e. The monoisotopic (exact) mass is 398 g/mol. The molecule has 0 aliphatic carbocycles. The molecule has 4 rings (SSSR count). The van der Waals surface area contributed by atoms with Crippen molar-refractivity contribution >= 4 is 26.5 Å². The van der Waals surface area contributed by atoms with E-state index in [0.717, 1.165) is 21.9 Å². The Morgan fingerprint density at radius 1 is 0.828 bits per heavy atom. The van der Waals surface area contributed by atoms with Gasteiger partial charge in [-0.1, -0.05) is 54.3 Å². The fraction of sp³-hybridized carbons (Fsp3) is 0.0417. The molecule has 0 saturated carbocycles. The van der Waals surface area contributed by atoms with Gasteiger partial charge in [-0.05, 0) is 53.6 Å². The van der Waals surface area contributed by atoms with Crippen LogP contribution in [0.1, 0.15) is 16.7 Å². The molecule has 0 saturated heterocycles. The first-order valence-electron chi connectivity index (χ1n) is 9.06. The molecular weight excluding hydrogens is 380 g/mol. The lowest BCUT2D eigenvalue weighted by Crippen LogP contribution is -2.13. The van der Waals surface area contributed by atoms with Gasteiger partial charge in [0, 0.05) is 23.5 Å². The van der Waals surface area contributed by atoms with Crippen molar-refractivity contribution in [3.63, 3.8) is 0 Å². The molecular formula is C24H18N2O2S. The summed E-state index contributed by atoms with van der Waals surface area (Å²) in [6.07, 6.45) is 3.44. The first kappa shape index (κ1) is 18.7. The fourth-order valence-corrected chi connectivity index (χ4v) is 4.10. The molecule has 0 bridgehead atoms. The molecule has 0 unspecified atom stereocenters. The van der Waals surface area contributed by atoms with Crippen molar-refractivity contribution in [2.24, 2.45) is 0 Å². The van der Waals surface area contributed by atoms with Crippen LogP contribution in [0.15, 0.2) is 90.1 Å². The van der Waals surface area contributed by atoms with Crippen molar-refractivity contribution in [3.05, 3.63) is 102 Å². The van der Waals surface area contributed by atoms with E-state index in [2.05, 4.69) is 21.5 Å². The number of nitrogens with zero attached hydrogens (tertiary/aromatic N) is 1. The van der Waals surface area contributed by atoms with Crippen LogP contribution in [0, 0.1) is 18.8 Å². The van der Waals surface area contributed by atoms with Crippen LogP contribution >= 0.6 is 0 Å². The van der Waals surface area contributed by atoms with Crippen molar-refractivity contribution < 1.29 is 8.42 Å². The van der Waals surface area contributed by atoms with Gasteiger partial charge in [-0.25, -0.2) is 8.42 Å². The highest BCUT2D eigenvalue weighted by Gasteiger charge is 2.16. The van der Waals surface area contributed by atoms with Crippen LogP contribution < -0.4 is 4.72 Å². The van der Waals surface area contributed by atoms with Crippen molar-refractivity contribution in [3.8, 4) is 11.8 Å². The molecule has 0 aliphatic rings. The zero-order chi connectivity index (χ0) is 20.3. The number of pyridine rings is 1. The van der Waals surface area contributed by atoms with Gasteiger partial charge >= 0.3 is 0 Å². The standard InChI is InChI=1S/C24H18N2O2S/c1-18-14-19(17-25-16-18)10-11-21-7-4-5-9-24(21)26-29(27,28)23-13-12-20-6-2-3-8-22(20)15-23/h2-9,12-17,26H,1H3. The van der Waals surface area contributed by atoms with Crippen molar-refractivity contribution in [1.29, 1.82) is 0 Å². The van der Waals surface area contributed by atoms with E-state index in [0.29, 0.717) is 11.3 Å². The minimum Gasteiger partial charge on any atom is -0.278 e. The lowest BCUT2D eigenvalue weighted by Gasteiger charge is -2.10. The number of benzene rings is 3. The zero-order valence-electron chi connectivity index (χ0n) is 15.8. The van der Waals surface area contributed by atoms with Crippen LogP contribution in [0.5, 0.6) is 0 Å². The third kappa shape index (κ3) is 4.29. The molecule has 1 N–H and O–H groups in total. The summed E-state index contributed by atoms with van der Waals surface area (Å²) in [6, 6.07) is 21.8. The Balaban J connectivity index is 1.67. The van der Waals surface area contributed by atoms with Gasteiger partial charge in [-0.15, -0.1) is 0 Å². The number of para-hydroxylation sites is 1. The Morgan fingerprint density at radius 3 is 2.41 bits per heavy atom. The van der Waals surface area contributed by atoms with Gasteiger partial charge in [0.2, 0.25) is 0 Å². The summed E-state index contributed by atoms with van der Waals surface area (Å²) < 4.78 is 28.6. The van der Waals surface area contributed by atoms with Gasteiger partial charge in [-0.3, -0.25) is 9.71 Å². The number of sulfonamides is 1. The molecule has 0 fully saturated rings. The maximum Gasteiger partial charge on any atom is 0.261 e. The van der Waals surface area contributed by atoms with E-state index in [4.69, 9.17) is 0 Å². The summed E-state index contributed by atoms with van der Waals surface area (Å²) >= 11 is 0. The Kier molecular flexibility index (Phi) is 5.03. The number of nitrogens with one attached hydrogen (secondary N) is 1. The molecule has 0 atom stereocenters. The predicted molar refractivity (Wildman–Crippen MR) is 116 cm³/mol. The second-order valence-corrected chi connectivity index (χ2v) is 8.34. The Morgan fingerprint density at radius 2 is 1.59 bits per heavy atom. The molecule has 4 aromatic rings. The summed E-state index contributed by atoms with van der Waals surface area (Å²) in [7, 11) is -3.75. The quantitative estimate of drug-likeness (QED) is 0.507. The normalized spacial score (nSPS) is 10.9. The van der Waals surface area contributed by atoms with Crippen molar-refractivity contribution in [1.82, 2.24) is 4.98 Å². The van der Waals surface area contributed by atoms with E-state index in [9.17, 15) is 8.42 Å². The van der Waals surface area contributed by atoms with Crippen molar-refractivity contribution in [2.45, 2.75) is 11.8 Å². The number of rotatable bonds is 3. The SMILES string of the molecule is Cc1cncc(C#Cc2ccccc2NS(=O)(=O)c2ccc3ccccc3c2)c1. The number of aromatic nitrogens is 1. The third-order valence-corrected chi connectivity index (χ3v) is 5.78. The van der Waals surface area contributed by atoms with E-state index in [1.54, 1.807) is 48.8 Å². The summed E-state index contributed by atoms with van der Waals surface area (Å²) in [5.74, 6) is 6.09. The molecule has 0 amide bonds.